The van der Waals surface area contributed by atoms with Crippen LogP contribution in [0.4, 0.5) is 0 Å². The summed E-state index contributed by atoms with van der Waals surface area (Å²) in [4.78, 5) is 25.4. The average molecular weight is 319 g/mol. The second kappa shape index (κ2) is 5.88. The second-order valence-corrected chi connectivity index (χ2v) is 7.46. The van der Waals surface area contributed by atoms with Crippen LogP contribution in [0.2, 0.25) is 0 Å². The number of amides is 1. The first-order valence-electron chi connectivity index (χ1n) is 7.71. The molecular formula is C17H21NO3S. The zero-order valence-electron chi connectivity index (χ0n) is 12.8. The van der Waals surface area contributed by atoms with E-state index in [1.54, 1.807) is 11.3 Å². The van der Waals surface area contributed by atoms with Crippen LogP contribution in [-0.2, 0) is 16.1 Å². The molecule has 2 aliphatic carbocycles. The van der Waals surface area contributed by atoms with Crippen molar-refractivity contribution in [2.45, 2.75) is 33.2 Å². The number of rotatable bonds is 4. The van der Waals surface area contributed by atoms with Crippen molar-refractivity contribution in [3.63, 3.8) is 0 Å². The summed E-state index contributed by atoms with van der Waals surface area (Å²) in [7, 11) is 0. The van der Waals surface area contributed by atoms with Crippen LogP contribution >= 0.6 is 11.3 Å². The first-order valence-corrected chi connectivity index (χ1v) is 8.58. The van der Waals surface area contributed by atoms with Gasteiger partial charge in [0.05, 0.1) is 18.4 Å². The van der Waals surface area contributed by atoms with E-state index in [-0.39, 0.29) is 17.7 Å². The zero-order valence-corrected chi connectivity index (χ0v) is 13.7. The maximum atomic E-state index is 12.6. The SMILES string of the molecule is CC(C)=C1C2CCC1C(C(=O)NCc1cccs1)C2C(=O)O. The third-order valence-electron chi connectivity index (χ3n) is 5.02. The monoisotopic (exact) mass is 319 g/mol. The van der Waals surface area contributed by atoms with Gasteiger partial charge < -0.3 is 10.4 Å². The van der Waals surface area contributed by atoms with Gasteiger partial charge in [0.2, 0.25) is 5.91 Å². The minimum absolute atomic E-state index is 0.0463. The van der Waals surface area contributed by atoms with Gasteiger partial charge in [-0.1, -0.05) is 17.2 Å². The fourth-order valence-corrected chi connectivity index (χ4v) is 4.95. The molecule has 0 saturated heterocycles. The third-order valence-corrected chi connectivity index (χ3v) is 5.90. The van der Waals surface area contributed by atoms with Gasteiger partial charge in [0.1, 0.15) is 0 Å². The third kappa shape index (κ3) is 2.47. The number of nitrogens with one attached hydrogen (secondary N) is 1. The van der Waals surface area contributed by atoms with Crippen LogP contribution < -0.4 is 5.32 Å². The zero-order chi connectivity index (χ0) is 15.9. The van der Waals surface area contributed by atoms with E-state index in [0.717, 1.165) is 17.7 Å². The molecule has 3 rings (SSSR count). The lowest BCUT2D eigenvalue weighted by molar-refractivity contribution is -0.149. The topological polar surface area (TPSA) is 66.4 Å². The van der Waals surface area contributed by atoms with E-state index >= 15 is 0 Å². The summed E-state index contributed by atoms with van der Waals surface area (Å²) in [5.41, 5.74) is 2.41. The molecule has 22 heavy (non-hydrogen) atoms. The molecular weight excluding hydrogens is 298 g/mol. The van der Waals surface area contributed by atoms with E-state index in [9.17, 15) is 14.7 Å². The van der Waals surface area contributed by atoms with Crippen molar-refractivity contribution in [3.8, 4) is 0 Å². The standard InChI is InChI=1S/C17H21NO3S/c1-9(2)13-11-5-6-12(13)15(17(20)21)14(11)16(19)18-8-10-4-3-7-22-10/h3-4,7,11-12,14-15H,5-6,8H2,1-2H3,(H,18,19)(H,20,21). The predicted molar refractivity (Wildman–Crippen MR) is 85.4 cm³/mol. The van der Waals surface area contributed by atoms with Crippen LogP contribution in [0, 0.1) is 23.7 Å². The molecule has 2 N–H and O–H groups in total. The summed E-state index contributed by atoms with van der Waals surface area (Å²) in [5.74, 6) is -1.76. The van der Waals surface area contributed by atoms with Crippen molar-refractivity contribution in [2.24, 2.45) is 23.7 Å². The summed E-state index contributed by atoms with van der Waals surface area (Å²) >= 11 is 1.59. The van der Waals surface area contributed by atoms with Crippen molar-refractivity contribution in [1.29, 1.82) is 0 Å². The molecule has 0 aromatic carbocycles. The van der Waals surface area contributed by atoms with E-state index in [4.69, 9.17) is 0 Å². The summed E-state index contributed by atoms with van der Waals surface area (Å²) in [6, 6.07) is 3.92. The molecule has 4 unspecified atom stereocenters. The molecule has 1 aromatic rings. The molecule has 0 spiro atoms. The van der Waals surface area contributed by atoms with E-state index in [1.165, 1.54) is 11.1 Å². The molecule has 2 fully saturated rings. The van der Waals surface area contributed by atoms with E-state index < -0.39 is 17.8 Å². The Kier molecular flexibility index (Phi) is 4.08. The highest BCUT2D eigenvalue weighted by Crippen LogP contribution is 2.57. The smallest absolute Gasteiger partial charge is 0.307 e. The van der Waals surface area contributed by atoms with Crippen LogP contribution in [0.5, 0.6) is 0 Å². The lowest BCUT2D eigenvalue weighted by Crippen LogP contribution is -2.40. The van der Waals surface area contributed by atoms with Crippen molar-refractivity contribution >= 4 is 23.2 Å². The van der Waals surface area contributed by atoms with Crippen LogP contribution in [0.15, 0.2) is 28.7 Å². The summed E-state index contributed by atoms with van der Waals surface area (Å²) in [6.07, 6.45) is 1.84. The van der Waals surface area contributed by atoms with Gasteiger partial charge in [0, 0.05) is 4.88 Å². The van der Waals surface area contributed by atoms with Gasteiger partial charge in [-0.25, -0.2) is 0 Å². The number of thiophene rings is 1. The van der Waals surface area contributed by atoms with Gasteiger partial charge in [-0.05, 0) is 50.0 Å². The number of carbonyl (C=O) groups excluding carboxylic acids is 1. The highest BCUT2D eigenvalue weighted by Gasteiger charge is 2.57. The molecule has 5 heteroatoms. The number of carboxylic acid groups (broad SMARTS) is 1. The first kappa shape index (κ1) is 15.3. The van der Waals surface area contributed by atoms with E-state index in [1.807, 2.05) is 31.4 Å². The molecule has 0 radical (unpaired) electrons. The molecule has 4 atom stereocenters. The minimum Gasteiger partial charge on any atom is -0.481 e. The molecule has 2 saturated carbocycles. The molecule has 0 aliphatic heterocycles. The fourth-order valence-electron chi connectivity index (χ4n) is 4.31. The molecule has 2 bridgehead atoms. The minimum atomic E-state index is -0.831. The summed E-state index contributed by atoms with van der Waals surface area (Å²) in [5, 5.41) is 14.5. The number of hydrogen-bond acceptors (Lipinski definition) is 3. The van der Waals surface area contributed by atoms with Crippen molar-refractivity contribution in [2.75, 3.05) is 0 Å². The van der Waals surface area contributed by atoms with E-state index in [0.29, 0.717) is 6.54 Å². The molecule has 118 valence electrons. The highest BCUT2D eigenvalue weighted by molar-refractivity contribution is 7.09. The van der Waals surface area contributed by atoms with Gasteiger partial charge in [0.15, 0.2) is 0 Å². The van der Waals surface area contributed by atoms with Gasteiger partial charge in [-0.15, -0.1) is 11.3 Å². The lowest BCUT2D eigenvalue weighted by atomic mass is 9.79. The van der Waals surface area contributed by atoms with Gasteiger partial charge in [-0.2, -0.15) is 0 Å². The molecule has 1 amide bonds. The number of allylic oxidation sites excluding steroid dienone is 2. The van der Waals surface area contributed by atoms with Crippen LogP contribution in [0.25, 0.3) is 0 Å². The van der Waals surface area contributed by atoms with Crippen LogP contribution in [0.3, 0.4) is 0 Å². The first-order chi connectivity index (χ1) is 10.5. The van der Waals surface area contributed by atoms with Crippen molar-refractivity contribution < 1.29 is 14.7 Å². The molecule has 4 nitrogen and oxygen atoms in total. The summed E-state index contributed by atoms with van der Waals surface area (Å²) in [6.45, 7) is 4.55. The predicted octanol–water partition coefficient (Wildman–Crippen LogP) is 3.06. The number of fused-ring (bicyclic) bond motifs is 2. The quantitative estimate of drug-likeness (QED) is 0.838. The Balaban J connectivity index is 1.80. The van der Waals surface area contributed by atoms with Crippen LogP contribution in [0.1, 0.15) is 31.6 Å². The van der Waals surface area contributed by atoms with Crippen LogP contribution in [-0.4, -0.2) is 17.0 Å². The Morgan fingerprint density at radius 3 is 2.50 bits per heavy atom. The Labute approximate surface area is 134 Å². The number of carbonyl (C=O) groups is 2. The molecule has 1 heterocycles. The second-order valence-electron chi connectivity index (χ2n) is 6.43. The Bertz CT molecular complexity index is 616. The normalized spacial score (nSPS) is 29.6. The maximum absolute atomic E-state index is 12.6. The van der Waals surface area contributed by atoms with Gasteiger partial charge in [0.25, 0.3) is 0 Å². The number of aliphatic carboxylic acids is 1. The maximum Gasteiger partial charge on any atom is 0.307 e. The van der Waals surface area contributed by atoms with Crippen molar-refractivity contribution in [1.82, 2.24) is 5.32 Å². The average Bonchev–Trinajstić information content (AvgIpc) is 3.17. The molecule has 1 aromatic heterocycles. The highest BCUT2D eigenvalue weighted by atomic mass is 32.1. The van der Waals surface area contributed by atoms with Crippen molar-refractivity contribution in [3.05, 3.63) is 33.5 Å². The Morgan fingerprint density at radius 1 is 1.27 bits per heavy atom. The Morgan fingerprint density at radius 2 is 1.95 bits per heavy atom. The van der Waals surface area contributed by atoms with Gasteiger partial charge in [-0.3, -0.25) is 9.59 Å². The fraction of sp³-hybridized carbons (Fsp3) is 0.529. The van der Waals surface area contributed by atoms with Gasteiger partial charge >= 0.3 is 5.97 Å². The van der Waals surface area contributed by atoms with E-state index in [2.05, 4.69) is 5.32 Å². The molecule has 2 aliphatic rings. The Hall–Kier alpha value is -1.62. The number of hydrogen-bond donors (Lipinski definition) is 2. The number of carboxylic acids is 1. The summed E-state index contributed by atoms with van der Waals surface area (Å²) < 4.78 is 0. The largest absolute Gasteiger partial charge is 0.481 e. The lowest BCUT2D eigenvalue weighted by Gasteiger charge is -2.26.